The molecule has 33 heavy (non-hydrogen) atoms. The Morgan fingerprint density at radius 2 is 1.06 bits per heavy atom. The van der Waals surface area contributed by atoms with E-state index in [1.54, 1.807) is 0 Å². The Morgan fingerprint density at radius 3 is 1.39 bits per heavy atom. The molecule has 0 saturated carbocycles. The first-order valence-electron chi connectivity index (χ1n) is 12.6. The van der Waals surface area contributed by atoms with Crippen LogP contribution in [0.1, 0.15) is 89.5 Å². The number of hydrogen-bond donors (Lipinski definition) is 2. The molecule has 0 bridgehead atoms. The third-order valence-electron chi connectivity index (χ3n) is 7.58. The maximum Gasteiger partial charge on any atom is 0.0531 e. The largest absolute Gasteiger partial charge is 0.376 e. The van der Waals surface area contributed by atoms with E-state index >= 15 is 0 Å². The molecule has 176 valence electrons. The van der Waals surface area contributed by atoms with Gasteiger partial charge in [0.2, 0.25) is 0 Å². The second-order valence-electron chi connectivity index (χ2n) is 10.3. The van der Waals surface area contributed by atoms with E-state index in [1.807, 2.05) is 11.8 Å². The molecule has 0 saturated heterocycles. The van der Waals surface area contributed by atoms with Crippen LogP contribution in [0, 0.1) is 13.8 Å². The van der Waals surface area contributed by atoms with Crippen LogP contribution in [0.4, 0.5) is 11.4 Å². The van der Waals surface area contributed by atoms with Crippen LogP contribution in [0.5, 0.6) is 0 Å². The molecule has 0 aromatic heterocycles. The molecule has 0 spiro atoms. The second kappa shape index (κ2) is 8.91. The monoisotopic (exact) mass is 460 g/mol. The maximum atomic E-state index is 3.82. The topological polar surface area (TPSA) is 24.1 Å². The van der Waals surface area contributed by atoms with E-state index in [9.17, 15) is 0 Å². The smallest absolute Gasteiger partial charge is 0.0531 e. The number of nitrogens with one attached hydrogen (secondary N) is 2. The number of rotatable bonds is 6. The summed E-state index contributed by atoms with van der Waals surface area (Å²) in [5, 5.41) is 7.64. The zero-order chi connectivity index (χ0) is 24.0. The van der Waals surface area contributed by atoms with Gasteiger partial charge in [0.25, 0.3) is 0 Å². The Labute approximate surface area is 205 Å². The van der Waals surface area contributed by atoms with Gasteiger partial charge in [-0.1, -0.05) is 51.6 Å². The average molecular weight is 461 g/mol. The highest BCUT2D eigenvalue weighted by Crippen LogP contribution is 2.45. The summed E-state index contributed by atoms with van der Waals surface area (Å²) < 4.78 is 0. The summed E-state index contributed by atoms with van der Waals surface area (Å²) in [7, 11) is 0. The van der Waals surface area contributed by atoms with E-state index in [4.69, 9.17) is 0 Å². The number of aryl methyl sites for hydroxylation is 2. The normalized spacial score (nSPS) is 23.6. The summed E-state index contributed by atoms with van der Waals surface area (Å²) in [6, 6.07) is 9.48. The maximum absolute atomic E-state index is 3.82. The van der Waals surface area contributed by atoms with Gasteiger partial charge in [-0.2, -0.15) is 0 Å². The molecule has 0 amide bonds. The SMILES string of the molecule is CCC1=CC(C)(CC)Nc2c(C)cc(Sc3cc(C)c4c(c3)C(CC)=CC(C)(CC)N4)cc21. The van der Waals surface area contributed by atoms with Crippen LogP contribution in [-0.4, -0.2) is 11.1 Å². The van der Waals surface area contributed by atoms with Gasteiger partial charge in [0.1, 0.15) is 0 Å². The van der Waals surface area contributed by atoms with E-state index < -0.39 is 0 Å². The summed E-state index contributed by atoms with van der Waals surface area (Å²) in [5.41, 5.74) is 11.0. The molecule has 2 aliphatic heterocycles. The Morgan fingerprint density at radius 1 is 0.667 bits per heavy atom. The summed E-state index contributed by atoms with van der Waals surface area (Å²) >= 11 is 1.89. The number of benzene rings is 2. The third-order valence-corrected chi connectivity index (χ3v) is 8.53. The molecule has 0 aliphatic carbocycles. The van der Waals surface area contributed by atoms with Gasteiger partial charge < -0.3 is 10.6 Å². The zero-order valence-corrected chi connectivity index (χ0v) is 22.5. The molecule has 3 heteroatoms. The molecule has 2 heterocycles. The first-order valence-corrected chi connectivity index (χ1v) is 13.4. The molecule has 2 atom stereocenters. The van der Waals surface area contributed by atoms with Crippen molar-refractivity contribution in [3.63, 3.8) is 0 Å². The van der Waals surface area contributed by atoms with Crippen molar-refractivity contribution in [3.05, 3.63) is 58.7 Å². The van der Waals surface area contributed by atoms with Gasteiger partial charge in [0.05, 0.1) is 11.1 Å². The second-order valence-corrected chi connectivity index (χ2v) is 11.4. The van der Waals surface area contributed by atoms with Crippen molar-refractivity contribution < 1.29 is 0 Å². The quantitative estimate of drug-likeness (QED) is 0.449. The van der Waals surface area contributed by atoms with E-state index in [-0.39, 0.29) is 11.1 Å². The predicted molar refractivity (Wildman–Crippen MR) is 148 cm³/mol. The van der Waals surface area contributed by atoms with Gasteiger partial charge in [-0.3, -0.25) is 0 Å². The van der Waals surface area contributed by atoms with Gasteiger partial charge >= 0.3 is 0 Å². The van der Waals surface area contributed by atoms with Crippen molar-refractivity contribution in [1.82, 2.24) is 0 Å². The molecular formula is C30H40N2S. The number of hydrogen-bond acceptors (Lipinski definition) is 3. The minimum atomic E-state index is 0.0379. The van der Waals surface area contributed by atoms with Crippen LogP contribution in [0.25, 0.3) is 11.1 Å². The molecule has 2 aromatic carbocycles. The molecule has 2 aliphatic rings. The fourth-order valence-corrected chi connectivity index (χ4v) is 6.23. The van der Waals surface area contributed by atoms with Crippen LogP contribution >= 0.6 is 11.8 Å². The summed E-state index contributed by atoms with van der Waals surface area (Å²) in [5.74, 6) is 0. The molecule has 0 radical (unpaired) electrons. The van der Waals surface area contributed by atoms with Crippen molar-refractivity contribution in [3.8, 4) is 0 Å². The molecule has 2 unspecified atom stereocenters. The van der Waals surface area contributed by atoms with Crippen molar-refractivity contribution in [2.24, 2.45) is 0 Å². The van der Waals surface area contributed by atoms with Crippen LogP contribution in [-0.2, 0) is 0 Å². The summed E-state index contributed by atoms with van der Waals surface area (Å²) in [4.78, 5) is 2.63. The lowest BCUT2D eigenvalue weighted by molar-refractivity contribution is 0.606. The lowest BCUT2D eigenvalue weighted by Gasteiger charge is -2.36. The number of anilines is 2. The molecule has 2 nitrogen and oxygen atoms in total. The number of allylic oxidation sites excluding steroid dienone is 2. The molecule has 2 N–H and O–H groups in total. The fourth-order valence-electron chi connectivity index (χ4n) is 5.13. The predicted octanol–water partition coefficient (Wildman–Crippen LogP) is 9.23. The molecule has 4 rings (SSSR count). The minimum Gasteiger partial charge on any atom is -0.376 e. The van der Waals surface area contributed by atoms with Crippen LogP contribution in [0.15, 0.2) is 46.2 Å². The van der Waals surface area contributed by atoms with Crippen molar-refractivity contribution in [2.75, 3.05) is 10.6 Å². The van der Waals surface area contributed by atoms with E-state index in [0.29, 0.717) is 0 Å². The standard InChI is InChI=1S/C30H40N2S/c1-9-21-17-29(7,11-3)31-27-19(5)13-23(15-25(21)27)33-24-14-20(6)28-26(16-24)22(10-2)18-30(8,12-4)32-28/h13-18,31-32H,9-12H2,1-8H3. The lowest BCUT2D eigenvalue weighted by Crippen LogP contribution is -2.35. The van der Waals surface area contributed by atoms with Gasteiger partial charge in [-0.05, 0) is 99.9 Å². The Bertz CT molecular complexity index is 1050. The number of fused-ring (bicyclic) bond motifs is 2. The van der Waals surface area contributed by atoms with Gasteiger partial charge in [-0.15, -0.1) is 0 Å². The Kier molecular flexibility index (Phi) is 6.48. The van der Waals surface area contributed by atoms with Gasteiger partial charge in [-0.25, -0.2) is 0 Å². The van der Waals surface area contributed by atoms with Gasteiger partial charge in [0.15, 0.2) is 0 Å². The fraction of sp³-hybridized carbons (Fsp3) is 0.467. The highest BCUT2D eigenvalue weighted by atomic mass is 32.2. The Balaban J connectivity index is 1.72. The van der Waals surface area contributed by atoms with Crippen molar-refractivity contribution >= 4 is 34.3 Å². The highest BCUT2D eigenvalue weighted by Gasteiger charge is 2.29. The molecule has 0 fully saturated rings. The molecule has 2 aromatic rings. The van der Waals surface area contributed by atoms with Gasteiger partial charge in [0, 0.05) is 32.3 Å². The van der Waals surface area contributed by atoms with Crippen LogP contribution in [0.3, 0.4) is 0 Å². The lowest BCUT2D eigenvalue weighted by atomic mass is 9.85. The van der Waals surface area contributed by atoms with Crippen LogP contribution < -0.4 is 10.6 Å². The van der Waals surface area contributed by atoms with Crippen molar-refractivity contribution in [2.45, 2.75) is 102 Å². The van der Waals surface area contributed by atoms with E-state index in [0.717, 1.165) is 25.7 Å². The first-order chi connectivity index (χ1) is 15.6. The third kappa shape index (κ3) is 4.49. The summed E-state index contributed by atoms with van der Waals surface area (Å²) in [6.07, 6.45) is 9.17. The first kappa shape index (κ1) is 24.0. The van der Waals surface area contributed by atoms with E-state index in [2.05, 4.69) is 102 Å². The minimum absolute atomic E-state index is 0.0379. The molecular weight excluding hydrogens is 420 g/mol. The Hall–Kier alpha value is -2.13. The highest BCUT2D eigenvalue weighted by molar-refractivity contribution is 7.99. The van der Waals surface area contributed by atoms with Crippen molar-refractivity contribution in [1.29, 1.82) is 0 Å². The summed E-state index contributed by atoms with van der Waals surface area (Å²) in [6.45, 7) is 18.2. The average Bonchev–Trinajstić information content (AvgIpc) is 2.79. The zero-order valence-electron chi connectivity index (χ0n) is 21.7. The van der Waals surface area contributed by atoms with Crippen LogP contribution in [0.2, 0.25) is 0 Å². The van der Waals surface area contributed by atoms with E-state index in [1.165, 1.54) is 54.6 Å².